The lowest BCUT2D eigenvalue weighted by Gasteiger charge is -2.22. The molecule has 0 aliphatic carbocycles. The highest BCUT2D eigenvalue weighted by molar-refractivity contribution is 5.80. The van der Waals surface area contributed by atoms with Gasteiger partial charge in [-0.25, -0.2) is 4.79 Å². The Morgan fingerprint density at radius 3 is 2.52 bits per heavy atom. The summed E-state index contributed by atoms with van der Waals surface area (Å²) in [6.07, 6.45) is 0.402. The number of para-hydroxylation sites is 1. The Kier molecular flexibility index (Phi) is 6.33. The quantitative estimate of drug-likeness (QED) is 0.663. The molecule has 0 spiro atoms. The van der Waals surface area contributed by atoms with Crippen LogP contribution in [0.5, 0.6) is 11.5 Å². The van der Waals surface area contributed by atoms with Crippen molar-refractivity contribution in [3.8, 4) is 11.5 Å². The number of urea groups is 1. The maximum absolute atomic E-state index is 12.7. The summed E-state index contributed by atoms with van der Waals surface area (Å²) in [7, 11) is 0. The Labute approximate surface area is 168 Å². The van der Waals surface area contributed by atoms with Crippen LogP contribution in [0.15, 0.2) is 54.6 Å². The van der Waals surface area contributed by atoms with Crippen LogP contribution in [0.25, 0.3) is 0 Å². The topological polar surface area (TPSA) is 122 Å². The number of ether oxygens (including phenoxy) is 1. The molecule has 2 aromatic carbocycles. The van der Waals surface area contributed by atoms with E-state index in [1.807, 2.05) is 30.3 Å². The number of carbonyl (C=O) groups excluding carboxylic acids is 2. The number of hydrogen-bond donors (Lipinski definition) is 3. The minimum absolute atomic E-state index is 0.0237. The highest BCUT2D eigenvalue weighted by atomic mass is 16.5. The molecular weight excluding hydrogens is 374 g/mol. The number of hydrogen-bond acceptors (Lipinski definition) is 4. The van der Waals surface area contributed by atoms with Crippen molar-refractivity contribution in [2.24, 2.45) is 11.7 Å². The maximum atomic E-state index is 12.7. The molecule has 3 rings (SSSR count). The Hall–Kier alpha value is -3.55. The SMILES string of the molecule is NC(=O)N[C@@H](CC(=O)N1CC[C@@H](C(=O)O)C1)c1cccc(Oc2ccccc2)c1. The molecule has 0 unspecified atom stereocenters. The van der Waals surface area contributed by atoms with E-state index in [0.29, 0.717) is 30.0 Å². The van der Waals surface area contributed by atoms with E-state index in [1.54, 1.807) is 24.3 Å². The Balaban J connectivity index is 1.73. The number of aliphatic carboxylic acids is 1. The van der Waals surface area contributed by atoms with Crippen molar-refractivity contribution in [3.05, 3.63) is 60.2 Å². The molecule has 8 nitrogen and oxygen atoms in total. The lowest BCUT2D eigenvalue weighted by molar-refractivity contribution is -0.141. The number of carbonyl (C=O) groups is 3. The van der Waals surface area contributed by atoms with Crippen molar-refractivity contribution in [3.63, 3.8) is 0 Å². The average molecular weight is 397 g/mol. The second-order valence-electron chi connectivity index (χ2n) is 6.92. The van der Waals surface area contributed by atoms with Crippen LogP contribution >= 0.6 is 0 Å². The zero-order chi connectivity index (χ0) is 20.8. The molecule has 0 aromatic heterocycles. The number of primary amides is 1. The van der Waals surface area contributed by atoms with Crippen LogP contribution in [0.4, 0.5) is 4.79 Å². The summed E-state index contributed by atoms with van der Waals surface area (Å²) < 4.78 is 5.81. The first kappa shape index (κ1) is 20.2. The number of rotatable bonds is 7. The van der Waals surface area contributed by atoms with E-state index in [9.17, 15) is 14.4 Å². The molecule has 0 bridgehead atoms. The third kappa shape index (κ3) is 5.47. The molecule has 1 heterocycles. The van der Waals surface area contributed by atoms with Crippen molar-refractivity contribution in [2.75, 3.05) is 13.1 Å². The Morgan fingerprint density at radius 2 is 1.86 bits per heavy atom. The number of carboxylic acid groups (broad SMARTS) is 1. The number of benzene rings is 2. The number of nitrogens with two attached hydrogens (primary N) is 1. The second-order valence-corrected chi connectivity index (χ2v) is 6.92. The van der Waals surface area contributed by atoms with Gasteiger partial charge in [0.1, 0.15) is 11.5 Å². The number of likely N-dealkylation sites (tertiary alicyclic amines) is 1. The number of nitrogens with one attached hydrogen (secondary N) is 1. The van der Waals surface area contributed by atoms with E-state index in [1.165, 1.54) is 4.90 Å². The molecule has 1 fully saturated rings. The van der Waals surface area contributed by atoms with Gasteiger partial charge in [-0.05, 0) is 36.2 Å². The lowest BCUT2D eigenvalue weighted by atomic mass is 10.0. The number of amides is 3. The van der Waals surface area contributed by atoms with Crippen LogP contribution in [-0.4, -0.2) is 41.0 Å². The normalized spacial score (nSPS) is 16.8. The summed E-state index contributed by atoms with van der Waals surface area (Å²) in [5.41, 5.74) is 5.97. The van der Waals surface area contributed by atoms with Crippen LogP contribution in [-0.2, 0) is 9.59 Å². The van der Waals surface area contributed by atoms with E-state index in [-0.39, 0.29) is 18.9 Å². The Bertz CT molecular complexity index is 887. The van der Waals surface area contributed by atoms with Crippen LogP contribution < -0.4 is 15.8 Å². The van der Waals surface area contributed by atoms with Gasteiger partial charge in [0, 0.05) is 13.1 Å². The van der Waals surface area contributed by atoms with Gasteiger partial charge < -0.3 is 25.8 Å². The zero-order valence-corrected chi connectivity index (χ0v) is 15.8. The third-order valence-electron chi connectivity index (χ3n) is 4.82. The first-order valence-electron chi connectivity index (χ1n) is 9.32. The summed E-state index contributed by atoms with van der Waals surface area (Å²) in [4.78, 5) is 36.8. The smallest absolute Gasteiger partial charge is 0.312 e. The van der Waals surface area contributed by atoms with Gasteiger partial charge in [-0.3, -0.25) is 9.59 Å². The highest BCUT2D eigenvalue weighted by Gasteiger charge is 2.32. The number of carboxylic acids is 1. The molecule has 3 amide bonds. The van der Waals surface area contributed by atoms with Gasteiger partial charge in [0.25, 0.3) is 0 Å². The second kappa shape index (κ2) is 9.09. The van der Waals surface area contributed by atoms with Crippen LogP contribution in [0.1, 0.15) is 24.4 Å². The van der Waals surface area contributed by atoms with Gasteiger partial charge in [-0.15, -0.1) is 0 Å². The fourth-order valence-corrected chi connectivity index (χ4v) is 3.34. The van der Waals surface area contributed by atoms with Gasteiger partial charge in [0.05, 0.1) is 18.4 Å². The van der Waals surface area contributed by atoms with Crippen LogP contribution in [0.3, 0.4) is 0 Å². The minimum Gasteiger partial charge on any atom is -0.481 e. The largest absolute Gasteiger partial charge is 0.481 e. The van der Waals surface area contributed by atoms with Gasteiger partial charge in [0.15, 0.2) is 0 Å². The summed E-state index contributed by atoms with van der Waals surface area (Å²) >= 11 is 0. The van der Waals surface area contributed by atoms with Crippen molar-refractivity contribution in [1.82, 2.24) is 10.2 Å². The van der Waals surface area contributed by atoms with E-state index < -0.39 is 24.0 Å². The van der Waals surface area contributed by atoms with Gasteiger partial charge >= 0.3 is 12.0 Å². The molecule has 2 atom stereocenters. The molecule has 1 aliphatic rings. The average Bonchev–Trinajstić information content (AvgIpc) is 3.19. The first-order chi connectivity index (χ1) is 13.9. The molecule has 2 aromatic rings. The molecule has 1 aliphatic heterocycles. The van der Waals surface area contributed by atoms with Crippen molar-refractivity contribution < 1.29 is 24.2 Å². The summed E-state index contributed by atoms with van der Waals surface area (Å²) in [6.45, 7) is 0.560. The Morgan fingerprint density at radius 1 is 1.14 bits per heavy atom. The predicted octanol–water partition coefficient (Wildman–Crippen LogP) is 2.51. The zero-order valence-electron chi connectivity index (χ0n) is 15.8. The van der Waals surface area contributed by atoms with Crippen LogP contribution in [0, 0.1) is 5.92 Å². The molecular formula is C21H23N3O5. The maximum Gasteiger partial charge on any atom is 0.312 e. The van der Waals surface area contributed by atoms with E-state index in [2.05, 4.69) is 5.32 Å². The van der Waals surface area contributed by atoms with E-state index >= 15 is 0 Å². The molecule has 152 valence electrons. The standard InChI is InChI=1S/C21H23N3O5/c22-21(28)23-18(12-19(25)24-10-9-15(13-24)20(26)27)14-5-4-8-17(11-14)29-16-6-2-1-3-7-16/h1-8,11,15,18H,9-10,12-13H2,(H,26,27)(H3,22,23,28)/t15-,18+/m1/s1. The third-order valence-corrected chi connectivity index (χ3v) is 4.82. The summed E-state index contributed by atoms with van der Waals surface area (Å²) in [5, 5.41) is 11.7. The predicted molar refractivity (Wildman–Crippen MR) is 105 cm³/mol. The van der Waals surface area contributed by atoms with Gasteiger partial charge in [0.2, 0.25) is 5.91 Å². The summed E-state index contributed by atoms with van der Waals surface area (Å²) in [6, 6.07) is 14.9. The van der Waals surface area contributed by atoms with Crippen molar-refractivity contribution in [1.29, 1.82) is 0 Å². The van der Waals surface area contributed by atoms with E-state index in [0.717, 1.165) is 0 Å². The monoisotopic (exact) mass is 397 g/mol. The lowest BCUT2D eigenvalue weighted by Crippen LogP contribution is -2.38. The summed E-state index contributed by atoms with van der Waals surface area (Å²) in [5.74, 6) is -0.467. The van der Waals surface area contributed by atoms with E-state index in [4.69, 9.17) is 15.6 Å². The number of nitrogens with zero attached hydrogens (tertiary/aromatic N) is 1. The molecule has 0 radical (unpaired) electrons. The highest BCUT2D eigenvalue weighted by Crippen LogP contribution is 2.27. The fourth-order valence-electron chi connectivity index (χ4n) is 3.34. The van der Waals surface area contributed by atoms with Crippen molar-refractivity contribution in [2.45, 2.75) is 18.9 Å². The fraction of sp³-hybridized carbons (Fsp3) is 0.286. The molecule has 0 saturated carbocycles. The molecule has 8 heteroatoms. The van der Waals surface area contributed by atoms with Crippen LogP contribution in [0.2, 0.25) is 0 Å². The first-order valence-corrected chi connectivity index (χ1v) is 9.32. The van der Waals surface area contributed by atoms with Gasteiger partial charge in [-0.2, -0.15) is 0 Å². The minimum atomic E-state index is -0.905. The van der Waals surface area contributed by atoms with Gasteiger partial charge in [-0.1, -0.05) is 30.3 Å². The molecule has 4 N–H and O–H groups in total. The van der Waals surface area contributed by atoms with Crippen molar-refractivity contribution >= 4 is 17.9 Å². The molecule has 1 saturated heterocycles. The molecule has 29 heavy (non-hydrogen) atoms.